The Balaban J connectivity index is 2.33. The molecule has 5 heteroatoms. The summed E-state index contributed by atoms with van der Waals surface area (Å²) in [5.41, 5.74) is 6.61. The number of benzene rings is 3. The summed E-state index contributed by atoms with van der Waals surface area (Å²) in [7, 11) is 1.57. The molecule has 3 aromatic carbocycles. The van der Waals surface area contributed by atoms with Crippen molar-refractivity contribution in [2.45, 2.75) is 13.8 Å². The van der Waals surface area contributed by atoms with E-state index in [1.165, 1.54) is 24.3 Å². The van der Waals surface area contributed by atoms with E-state index in [2.05, 4.69) is 5.73 Å². The van der Waals surface area contributed by atoms with Gasteiger partial charge in [-0.25, -0.2) is 8.78 Å². The third-order valence-electron chi connectivity index (χ3n) is 4.98. The fourth-order valence-corrected chi connectivity index (χ4v) is 3.28. The molecule has 0 N–H and O–H groups in total. The molecule has 32 heavy (non-hydrogen) atoms. The van der Waals surface area contributed by atoms with Crippen molar-refractivity contribution in [2.75, 3.05) is 13.7 Å². The lowest BCUT2D eigenvalue weighted by atomic mass is 9.91. The average molecular weight is 434 g/mol. The van der Waals surface area contributed by atoms with Gasteiger partial charge >= 0.3 is 5.97 Å². The molecule has 3 nitrogen and oxygen atoms in total. The minimum absolute atomic E-state index is 0.251. The standard InChI is InChI=1S/C27H24F2O3/c1-4-32-27(30)18(2)25(21-6-5-7-24(16-21)31-3)17-26(19-8-12-22(28)13-9-19)20-10-14-23(29)15-11-20/h5-16,18H,4H2,1-3H3/t18-/m1/s1. The Morgan fingerprint density at radius 1 is 0.906 bits per heavy atom. The Bertz CT molecular complexity index is 1090. The van der Waals surface area contributed by atoms with Crippen molar-refractivity contribution in [3.8, 4) is 5.75 Å². The highest BCUT2D eigenvalue weighted by Gasteiger charge is 2.22. The molecule has 0 heterocycles. The third-order valence-corrected chi connectivity index (χ3v) is 4.98. The Morgan fingerprint density at radius 3 is 1.97 bits per heavy atom. The van der Waals surface area contributed by atoms with Crippen LogP contribution in [-0.4, -0.2) is 19.7 Å². The Kier molecular flexibility index (Phi) is 7.58. The van der Waals surface area contributed by atoms with E-state index in [-0.39, 0.29) is 18.2 Å². The van der Waals surface area contributed by atoms with Crippen LogP contribution in [0.2, 0.25) is 0 Å². The quantitative estimate of drug-likeness (QED) is 0.324. The predicted octanol–water partition coefficient (Wildman–Crippen LogP) is 6.29. The summed E-state index contributed by atoms with van der Waals surface area (Å²) < 4.78 is 37.7. The largest absolute Gasteiger partial charge is 0.497 e. The number of hydrogen-bond donors (Lipinski definition) is 0. The number of rotatable bonds is 7. The molecule has 0 bridgehead atoms. The first-order chi connectivity index (χ1) is 15.4. The lowest BCUT2D eigenvalue weighted by molar-refractivity contribution is -0.145. The maximum Gasteiger partial charge on any atom is 0.313 e. The minimum atomic E-state index is -0.641. The van der Waals surface area contributed by atoms with Gasteiger partial charge in [-0.15, -0.1) is 5.73 Å². The minimum Gasteiger partial charge on any atom is -0.497 e. The van der Waals surface area contributed by atoms with Crippen LogP contribution >= 0.6 is 0 Å². The van der Waals surface area contributed by atoms with E-state index in [9.17, 15) is 13.6 Å². The molecule has 0 radical (unpaired) electrons. The van der Waals surface area contributed by atoms with Crippen molar-refractivity contribution >= 4 is 17.1 Å². The topological polar surface area (TPSA) is 35.5 Å². The van der Waals surface area contributed by atoms with Gasteiger partial charge in [0.1, 0.15) is 17.4 Å². The summed E-state index contributed by atoms with van der Waals surface area (Å²) in [6.07, 6.45) is 0. The zero-order chi connectivity index (χ0) is 23.1. The smallest absolute Gasteiger partial charge is 0.313 e. The van der Waals surface area contributed by atoms with Crippen molar-refractivity contribution in [3.05, 3.63) is 107 Å². The van der Waals surface area contributed by atoms with Crippen molar-refractivity contribution < 1.29 is 23.0 Å². The summed E-state index contributed by atoms with van der Waals surface area (Å²) >= 11 is 0. The predicted molar refractivity (Wildman–Crippen MR) is 121 cm³/mol. The molecule has 0 aliphatic heterocycles. The van der Waals surface area contributed by atoms with Crippen LogP contribution in [0.5, 0.6) is 5.75 Å². The van der Waals surface area contributed by atoms with E-state index in [0.29, 0.717) is 28.0 Å². The van der Waals surface area contributed by atoms with Gasteiger partial charge in [-0.1, -0.05) is 36.4 Å². The van der Waals surface area contributed by atoms with Gasteiger partial charge in [-0.3, -0.25) is 4.79 Å². The molecular weight excluding hydrogens is 410 g/mol. The first kappa shape index (κ1) is 23.0. The summed E-state index contributed by atoms with van der Waals surface area (Å²) in [6.45, 7) is 3.74. The van der Waals surface area contributed by atoms with Gasteiger partial charge in [-0.05, 0) is 66.9 Å². The van der Waals surface area contributed by atoms with E-state index in [1.54, 1.807) is 51.3 Å². The van der Waals surface area contributed by atoms with Crippen molar-refractivity contribution in [3.63, 3.8) is 0 Å². The van der Waals surface area contributed by atoms with Gasteiger partial charge in [-0.2, -0.15) is 0 Å². The van der Waals surface area contributed by atoms with Crippen molar-refractivity contribution in [1.82, 2.24) is 0 Å². The van der Waals surface area contributed by atoms with Crippen LogP contribution in [0.3, 0.4) is 0 Å². The highest BCUT2D eigenvalue weighted by Crippen LogP contribution is 2.31. The summed E-state index contributed by atoms with van der Waals surface area (Å²) in [6, 6.07) is 19.2. The zero-order valence-corrected chi connectivity index (χ0v) is 18.2. The van der Waals surface area contributed by atoms with Crippen LogP contribution in [0.1, 0.15) is 30.5 Å². The lowest BCUT2D eigenvalue weighted by Gasteiger charge is -2.15. The van der Waals surface area contributed by atoms with Gasteiger partial charge < -0.3 is 9.47 Å². The first-order valence-electron chi connectivity index (χ1n) is 10.3. The fraction of sp³-hybridized carbons (Fsp3) is 0.185. The number of carbonyl (C=O) groups excluding carboxylic acids is 1. The maximum absolute atomic E-state index is 13.6. The van der Waals surface area contributed by atoms with Gasteiger partial charge in [0.25, 0.3) is 0 Å². The van der Waals surface area contributed by atoms with Crippen LogP contribution in [-0.2, 0) is 9.53 Å². The molecule has 0 aromatic heterocycles. The van der Waals surface area contributed by atoms with Crippen molar-refractivity contribution in [1.29, 1.82) is 0 Å². The van der Waals surface area contributed by atoms with E-state index < -0.39 is 11.9 Å². The molecule has 0 fully saturated rings. The van der Waals surface area contributed by atoms with E-state index >= 15 is 0 Å². The molecule has 0 aliphatic rings. The summed E-state index contributed by atoms with van der Waals surface area (Å²) in [5.74, 6) is -1.15. The van der Waals surface area contributed by atoms with E-state index in [0.717, 1.165) is 5.56 Å². The van der Waals surface area contributed by atoms with Gasteiger partial charge in [0, 0.05) is 11.1 Å². The second-order valence-electron chi connectivity index (χ2n) is 7.13. The normalized spacial score (nSPS) is 11.3. The molecule has 0 saturated carbocycles. The monoisotopic (exact) mass is 434 g/mol. The molecular formula is C27H24F2O3. The van der Waals surface area contributed by atoms with Crippen molar-refractivity contribution in [2.24, 2.45) is 5.92 Å². The van der Waals surface area contributed by atoms with Crippen LogP contribution in [0.4, 0.5) is 8.78 Å². The Morgan fingerprint density at radius 2 is 1.47 bits per heavy atom. The molecule has 0 unspecified atom stereocenters. The molecule has 0 amide bonds. The second kappa shape index (κ2) is 10.6. The molecule has 164 valence electrons. The second-order valence-corrected chi connectivity index (χ2v) is 7.13. The molecule has 3 rings (SSSR count). The molecule has 0 aliphatic carbocycles. The first-order valence-corrected chi connectivity index (χ1v) is 10.3. The molecule has 0 saturated heterocycles. The van der Waals surface area contributed by atoms with Crippen LogP contribution in [0, 0.1) is 17.6 Å². The number of carbonyl (C=O) groups is 1. The number of halogens is 2. The molecule has 3 aromatic rings. The Labute approximate surface area is 186 Å². The van der Waals surface area contributed by atoms with Crippen LogP contribution in [0.15, 0.2) is 78.5 Å². The van der Waals surface area contributed by atoms with Crippen LogP contribution in [0.25, 0.3) is 11.1 Å². The average Bonchev–Trinajstić information content (AvgIpc) is 2.81. The summed E-state index contributed by atoms with van der Waals surface area (Å²) in [5, 5.41) is 0. The van der Waals surface area contributed by atoms with E-state index in [1.807, 2.05) is 18.2 Å². The maximum atomic E-state index is 13.6. The SMILES string of the molecule is CCOC(=O)[C@H](C)C(=C=C(c1ccc(F)cc1)c1ccc(F)cc1)c1cccc(OC)c1. The molecule has 1 atom stereocenters. The van der Waals surface area contributed by atoms with E-state index in [4.69, 9.17) is 9.47 Å². The molecule has 0 spiro atoms. The fourth-order valence-electron chi connectivity index (χ4n) is 3.28. The number of esters is 1. The van der Waals surface area contributed by atoms with Crippen LogP contribution < -0.4 is 4.74 Å². The number of hydrogen-bond acceptors (Lipinski definition) is 3. The number of methoxy groups -OCH3 is 1. The number of ether oxygens (including phenoxy) is 2. The Hall–Kier alpha value is -3.69. The third kappa shape index (κ3) is 5.51. The highest BCUT2D eigenvalue weighted by atomic mass is 19.1. The highest BCUT2D eigenvalue weighted by molar-refractivity contribution is 5.92. The summed E-state index contributed by atoms with van der Waals surface area (Å²) in [4.78, 5) is 12.6. The van der Waals surface area contributed by atoms with Gasteiger partial charge in [0.15, 0.2) is 0 Å². The van der Waals surface area contributed by atoms with Gasteiger partial charge in [0.2, 0.25) is 0 Å². The van der Waals surface area contributed by atoms with Gasteiger partial charge in [0.05, 0.1) is 19.6 Å². The zero-order valence-electron chi connectivity index (χ0n) is 18.2. The lowest BCUT2D eigenvalue weighted by Crippen LogP contribution is -2.16.